The summed E-state index contributed by atoms with van der Waals surface area (Å²) in [7, 11) is 0. The molecule has 0 atom stereocenters. The van der Waals surface area contributed by atoms with E-state index in [-0.39, 0.29) is 23.1 Å². The summed E-state index contributed by atoms with van der Waals surface area (Å²) in [5, 5.41) is 3.12. The Morgan fingerprint density at radius 2 is 1.58 bits per heavy atom. The molecule has 0 saturated carbocycles. The van der Waals surface area contributed by atoms with Crippen molar-refractivity contribution < 1.29 is 18.7 Å². The molecule has 0 radical (unpaired) electrons. The minimum Gasteiger partial charge on any atom is -0.491 e. The van der Waals surface area contributed by atoms with E-state index in [1.165, 1.54) is 18.2 Å². The van der Waals surface area contributed by atoms with Gasteiger partial charge in [0.05, 0.1) is 17.4 Å². The predicted octanol–water partition coefficient (Wildman–Crippen LogP) is 5.63. The van der Waals surface area contributed by atoms with E-state index in [4.69, 9.17) is 4.74 Å². The molecular formula is C27H25FN2O3. The summed E-state index contributed by atoms with van der Waals surface area (Å²) in [5.41, 5.74) is 3.55. The smallest absolute Gasteiger partial charge is 0.282 e. The van der Waals surface area contributed by atoms with Crippen LogP contribution in [0, 0.1) is 19.7 Å². The van der Waals surface area contributed by atoms with Gasteiger partial charge in [0, 0.05) is 5.69 Å². The Labute approximate surface area is 192 Å². The maximum Gasteiger partial charge on any atom is 0.282 e. The van der Waals surface area contributed by atoms with Crippen molar-refractivity contribution in [1.82, 2.24) is 0 Å². The molecule has 0 saturated heterocycles. The van der Waals surface area contributed by atoms with Crippen LogP contribution < -0.4 is 15.0 Å². The molecule has 2 amide bonds. The first kappa shape index (κ1) is 22.3. The quantitative estimate of drug-likeness (QED) is 0.501. The minimum absolute atomic E-state index is 0.00306. The number of rotatable bonds is 6. The van der Waals surface area contributed by atoms with Crippen LogP contribution in [0.5, 0.6) is 5.75 Å². The standard InChI is InChI=1S/C27H25FN2O3/c1-16(2)33-21-13-10-19(11-14-21)24-25(29-20-12-9-17(3)18(4)15-20)27(32)30(26(24)31)23-8-6-5-7-22(23)28/h5-16,29H,1-4H3. The van der Waals surface area contributed by atoms with Gasteiger partial charge in [-0.1, -0.05) is 30.3 Å². The Hall–Kier alpha value is -3.93. The summed E-state index contributed by atoms with van der Waals surface area (Å²) < 4.78 is 20.2. The Morgan fingerprint density at radius 1 is 0.879 bits per heavy atom. The van der Waals surface area contributed by atoms with E-state index >= 15 is 0 Å². The Balaban J connectivity index is 1.80. The number of imide groups is 1. The number of nitrogens with one attached hydrogen (secondary N) is 1. The van der Waals surface area contributed by atoms with E-state index in [0.29, 0.717) is 17.0 Å². The molecule has 168 valence electrons. The highest BCUT2D eigenvalue weighted by Gasteiger charge is 2.41. The Bertz CT molecular complexity index is 1260. The van der Waals surface area contributed by atoms with Crippen LogP contribution in [-0.4, -0.2) is 17.9 Å². The van der Waals surface area contributed by atoms with Crippen LogP contribution >= 0.6 is 0 Å². The third kappa shape index (κ3) is 4.37. The molecule has 1 aliphatic rings. The summed E-state index contributed by atoms with van der Waals surface area (Å²) in [4.78, 5) is 27.8. The molecule has 0 unspecified atom stereocenters. The maximum absolute atomic E-state index is 14.5. The van der Waals surface area contributed by atoms with Crippen molar-refractivity contribution in [1.29, 1.82) is 0 Å². The molecule has 1 aliphatic heterocycles. The molecule has 0 spiro atoms. The molecule has 3 aromatic carbocycles. The summed E-state index contributed by atoms with van der Waals surface area (Å²) in [6.07, 6.45) is 0.00306. The minimum atomic E-state index is -0.647. The normalized spacial score (nSPS) is 13.8. The Kier molecular flexibility index (Phi) is 6.01. The number of amides is 2. The van der Waals surface area contributed by atoms with Crippen molar-refractivity contribution in [3.05, 3.63) is 94.9 Å². The second kappa shape index (κ2) is 8.90. The zero-order chi connectivity index (χ0) is 23.7. The van der Waals surface area contributed by atoms with Crippen molar-refractivity contribution in [2.24, 2.45) is 0 Å². The van der Waals surface area contributed by atoms with Crippen LogP contribution in [0.15, 0.2) is 72.4 Å². The SMILES string of the molecule is Cc1ccc(NC2=C(c3ccc(OC(C)C)cc3)C(=O)N(c3ccccc3F)C2=O)cc1C. The van der Waals surface area contributed by atoms with Crippen LogP contribution in [0.2, 0.25) is 0 Å². The van der Waals surface area contributed by atoms with Crippen LogP contribution in [0.25, 0.3) is 5.57 Å². The fourth-order valence-electron chi connectivity index (χ4n) is 3.70. The summed E-state index contributed by atoms with van der Waals surface area (Å²) in [5.74, 6) is -1.19. The number of carbonyl (C=O) groups is 2. The highest BCUT2D eigenvalue weighted by atomic mass is 19.1. The lowest BCUT2D eigenvalue weighted by Crippen LogP contribution is -2.33. The molecule has 1 N–H and O–H groups in total. The topological polar surface area (TPSA) is 58.6 Å². The number of hydrogen-bond acceptors (Lipinski definition) is 4. The number of benzene rings is 3. The molecule has 1 heterocycles. The average Bonchev–Trinajstić information content (AvgIpc) is 3.01. The second-order valence-corrected chi connectivity index (χ2v) is 8.26. The first-order chi connectivity index (χ1) is 15.8. The number of hydrogen-bond donors (Lipinski definition) is 1. The van der Waals surface area contributed by atoms with Crippen LogP contribution in [-0.2, 0) is 9.59 Å². The molecule has 33 heavy (non-hydrogen) atoms. The predicted molar refractivity (Wildman–Crippen MR) is 128 cm³/mol. The molecule has 4 rings (SSSR count). The molecule has 0 aromatic heterocycles. The highest BCUT2D eigenvalue weighted by molar-refractivity contribution is 6.46. The maximum atomic E-state index is 14.5. The molecular weight excluding hydrogens is 419 g/mol. The van der Waals surface area contributed by atoms with Crippen molar-refractivity contribution >= 4 is 28.8 Å². The second-order valence-electron chi connectivity index (χ2n) is 8.26. The van der Waals surface area contributed by atoms with E-state index in [9.17, 15) is 14.0 Å². The van der Waals surface area contributed by atoms with E-state index in [1.54, 1.807) is 30.3 Å². The zero-order valence-electron chi connectivity index (χ0n) is 19.0. The van der Waals surface area contributed by atoms with Gasteiger partial charge in [-0.15, -0.1) is 0 Å². The van der Waals surface area contributed by atoms with Crippen molar-refractivity contribution in [2.75, 3.05) is 10.2 Å². The van der Waals surface area contributed by atoms with Gasteiger partial charge in [0.2, 0.25) is 0 Å². The van der Waals surface area contributed by atoms with E-state index in [0.717, 1.165) is 16.0 Å². The van der Waals surface area contributed by atoms with Crippen molar-refractivity contribution in [3.63, 3.8) is 0 Å². The lowest BCUT2D eigenvalue weighted by atomic mass is 10.0. The molecule has 5 nitrogen and oxygen atoms in total. The van der Waals surface area contributed by atoms with Crippen molar-refractivity contribution in [3.8, 4) is 5.75 Å². The Morgan fingerprint density at radius 3 is 2.21 bits per heavy atom. The van der Waals surface area contributed by atoms with E-state index < -0.39 is 17.6 Å². The van der Waals surface area contributed by atoms with Gasteiger partial charge < -0.3 is 10.1 Å². The average molecular weight is 445 g/mol. The number of aryl methyl sites for hydroxylation is 2. The van der Waals surface area contributed by atoms with Gasteiger partial charge in [0.1, 0.15) is 17.3 Å². The lowest BCUT2D eigenvalue weighted by molar-refractivity contribution is -0.120. The first-order valence-electron chi connectivity index (χ1n) is 10.7. The zero-order valence-corrected chi connectivity index (χ0v) is 19.0. The highest BCUT2D eigenvalue weighted by Crippen LogP contribution is 2.35. The van der Waals surface area contributed by atoms with Gasteiger partial charge in [0.25, 0.3) is 11.8 Å². The van der Waals surface area contributed by atoms with E-state index in [1.807, 2.05) is 45.9 Å². The number of carbonyl (C=O) groups excluding carboxylic acids is 2. The number of nitrogens with zero attached hydrogens (tertiary/aromatic N) is 1. The first-order valence-corrected chi connectivity index (χ1v) is 10.7. The number of ether oxygens (including phenoxy) is 1. The monoisotopic (exact) mass is 444 g/mol. The largest absolute Gasteiger partial charge is 0.491 e. The fourth-order valence-corrected chi connectivity index (χ4v) is 3.70. The molecule has 0 fully saturated rings. The van der Waals surface area contributed by atoms with Gasteiger partial charge in [-0.25, -0.2) is 9.29 Å². The van der Waals surface area contributed by atoms with Gasteiger partial charge in [0.15, 0.2) is 0 Å². The lowest BCUT2D eigenvalue weighted by Gasteiger charge is -2.16. The van der Waals surface area contributed by atoms with Gasteiger partial charge >= 0.3 is 0 Å². The summed E-state index contributed by atoms with van der Waals surface area (Å²) >= 11 is 0. The number of para-hydroxylation sites is 1. The number of halogens is 1. The fraction of sp³-hybridized carbons (Fsp3) is 0.185. The van der Waals surface area contributed by atoms with Crippen LogP contribution in [0.1, 0.15) is 30.5 Å². The molecule has 3 aromatic rings. The number of anilines is 2. The van der Waals surface area contributed by atoms with Crippen LogP contribution in [0.4, 0.5) is 15.8 Å². The van der Waals surface area contributed by atoms with Gasteiger partial charge in [-0.05, 0) is 80.8 Å². The molecule has 0 bridgehead atoms. The van der Waals surface area contributed by atoms with E-state index in [2.05, 4.69) is 5.32 Å². The van der Waals surface area contributed by atoms with Gasteiger partial charge in [-0.2, -0.15) is 0 Å². The van der Waals surface area contributed by atoms with Crippen LogP contribution in [0.3, 0.4) is 0 Å². The van der Waals surface area contributed by atoms with Gasteiger partial charge in [-0.3, -0.25) is 9.59 Å². The van der Waals surface area contributed by atoms with Crippen molar-refractivity contribution in [2.45, 2.75) is 33.8 Å². The summed E-state index contributed by atoms with van der Waals surface area (Å²) in [6.45, 7) is 7.81. The molecule has 6 heteroatoms. The third-order valence-corrected chi connectivity index (χ3v) is 5.47. The molecule has 0 aliphatic carbocycles. The third-order valence-electron chi connectivity index (χ3n) is 5.47. The summed E-state index contributed by atoms with van der Waals surface area (Å²) in [6, 6.07) is 18.4.